The van der Waals surface area contributed by atoms with Crippen molar-refractivity contribution >= 4 is 21.6 Å². The molecule has 0 amide bonds. The first-order chi connectivity index (χ1) is 11.8. The molecule has 1 aliphatic heterocycles. The number of likely N-dealkylation sites (tertiary alicyclic amines) is 1. The Morgan fingerprint density at radius 2 is 1.96 bits per heavy atom. The maximum absolute atomic E-state index is 12.1. The molecule has 0 aliphatic carbocycles. The topological polar surface area (TPSA) is 49.0 Å². The third-order valence-electron chi connectivity index (χ3n) is 4.81. The number of hydrogen-bond donors (Lipinski definition) is 1. The van der Waals surface area contributed by atoms with Gasteiger partial charge in [-0.1, -0.05) is 30.3 Å². The Kier molecular flexibility index (Phi) is 4.45. The summed E-state index contributed by atoms with van der Waals surface area (Å²) in [5.74, 6) is 1.54. The van der Waals surface area contributed by atoms with E-state index in [4.69, 9.17) is 0 Å². The third kappa shape index (κ3) is 3.42. The molecule has 3 heterocycles. The summed E-state index contributed by atoms with van der Waals surface area (Å²) < 4.78 is 0.723. The van der Waals surface area contributed by atoms with Crippen molar-refractivity contribution in [3.05, 3.63) is 63.5 Å². The average Bonchev–Trinajstić information content (AvgIpc) is 3.07. The highest BCUT2D eigenvalue weighted by molar-refractivity contribution is 7.17. The summed E-state index contributed by atoms with van der Waals surface area (Å²) in [6.45, 7) is 2.88. The quantitative estimate of drug-likeness (QED) is 0.792. The van der Waals surface area contributed by atoms with Crippen molar-refractivity contribution in [2.75, 3.05) is 13.1 Å². The van der Waals surface area contributed by atoms with Gasteiger partial charge >= 0.3 is 0 Å². The summed E-state index contributed by atoms with van der Waals surface area (Å²) in [6.07, 6.45) is 3.59. The SMILES string of the molecule is O=c1[nH]c(CN2CCC(Cc3ccccc3)CC2)nc2ccsc12. The van der Waals surface area contributed by atoms with Crippen molar-refractivity contribution in [1.82, 2.24) is 14.9 Å². The van der Waals surface area contributed by atoms with Gasteiger partial charge in [0, 0.05) is 0 Å². The summed E-state index contributed by atoms with van der Waals surface area (Å²) in [6, 6.07) is 12.7. The van der Waals surface area contributed by atoms with Gasteiger partial charge in [-0.15, -0.1) is 11.3 Å². The van der Waals surface area contributed by atoms with E-state index < -0.39 is 0 Å². The number of nitrogens with zero attached hydrogens (tertiary/aromatic N) is 2. The standard InChI is InChI=1S/C19H21N3OS/c23-19-18-16(8-11-24-18)20-17(21-19)13-22-9-6-15(7-10-22)12-14-4-2-1-3-5-14/h1-5,8,11,15H,6-7,9-10,12-13H2,(H,20,21,23). The molecule has 1 aliphatic rings. The predicted molar refractivity (Wildman–Crippen MR) is 98.4 cm³/mol. The Hall–Kier alpha value is -1.98. The van der Waals surface area contributed by atoms with Crippen LogP contribution in [0.15, 0.2) is 46.6 Å². The molecule has 2 aromatic heterocycles. The van der Waals surface area contributed by atoms with E-state index in [-0.39, 0.29) is 5.56 Å². The minimum Gasteiger partial charge on any atom is -0.308 e. The number of nitrogens with one attached hydrogen (secondary N) is 1. The third-order valence-corrected chi connectivity index (χ3v) is 5.71. The van der Waals surface area contributed by atoms with E-state index in [1.807, 2.05) is 11.4 Å². The zero-order valence-corrected chi connectivity index (χ0v) is 14.4. The molecule has 4 rings (SSSR count). The van der Waals surface area contributed by atoms with E-state index in [0.717, 1.165) is 41.6 Å². The van der Waals surface area contributed by atoms with E-state index in [9.17, 15) is 4.79 Å². The lowest BCUT2D eigenvalue weighted by Crippen LogP contribution is -2.34. The van der Waals surface area contributed by atoms with Crippen molar-refractivity contribution in [1.29, 1.82) is 0 Å². The molecule has 1 saturated heterocycles. The zero-order valence-electron chi connectivity index (χ0n) is 13.6. The number of benzene rings is 1. The van der Waals surface area contributed by atoms with Gasteiger partial charge in [-0.25, -0.2) is 4.98 Å². The molecular weight excluding hydrogens is 318 g/mol. The molecule has 0 saturated carbocycles. The zero-order chi connectivity index (χ0) is 16.4. The normalized spacial score (nSPS) is 16.7. The first kappa shape index (κ1) is 15.5. The van der Waals surface area contributed by atoms with Gasteiger partial charge < -0.3 is 4.98 Å². The summed E-state index contributed by atoms with van der Waals surface area (Å²) in [7, 11) is 0. The van der Waals surface area contributed by atoms with Crippen LogP contribution in [0.25, 0.3) is 10.2 Å². The molecule has 3 aromatic rings. The molecule has 1 fully saturated rings. The summed E-state index contributed by atoms with van der Waals surface area (Å²) in [4.78, 5) is 22.0. The molecule has 4 nitrogen and oxygen atoms in total. The number of thiophene rings is 1. The monoisotopic (exact) mass is 339 g/mol. The smallest absolute Gasteiger partial charge is 0.268 e. The van der Waals surface area contributed by atoms with Crippen molar-refractivity contribution in [2.24, 2.45) is 5.92 Å². The maximum atomic E-state index is 12.1. The number of aromatic amines is 1. The van der Waals surface area contributed by atoms with Crippen molar-refractivity contribution < 1.29 is 0 Å². The summed E-state index contributed by atoms with van der Waals surface area (Å²) in [5.41, 5.74) is 2.24. The first-order valence-electron chi connectivity index (χ1n) is 8.50. The fourth-order valence-electron chi connectivity index (χ4n) is 3.50. The molecular formula is C19H21N3OS. The van der Waals surface area contributed by atoms with Gasteiger partial charge in [-0.3, -0.25) is 9.69 Å². The molecule has 0 spiro atoms. The highest BCUT2D eigenvalue weighted by Gasteiger charge is 2.20. The fourth-order valence-corrected chi connectivity index (χ4v) is 4.23. The average molecular weight is 339 g/mol. The Labute approximate surface area is 145 Å². The van der Waals surface area contributed by atoms with Gasteiger partial charge in [0.1, 0.15) is 10.5 Å². The number of rotatable bonds is 4. The highest BCUT2D eigenvalue weighted by Crippen LogP contribution is 2.22. The molecule has 1 N–H and O–H groups in total. The molecule has 5 heteroatoms. The van der Waals surface area contributed by atoms with Crippen LogP contribution in [-0.2, 0) is 13.0 Å². The van der Waals surface area contributed by atoms with Crippen LogP contribution in [0.3, 0.4) is 0 Å². The largest absolute Gasteiger partial charge is 0.308 e. The number of piperidine rings is 1. The Balaban J connectivity index is 1.36. The molecule has 0 unspecified atom stereocenters. The lowest BCUT2D eigenvalue weighted by molar-refractivity contribution is 0.173. The Morgan fingerprint density at radius 3 is 2.75 bits per heavy atom. The van der Waals surface area contributed by atoms with E-state index in [2.05, 4.69) is 45.2 Å². The minimum absolute atomic E-state index is 0.0102. The number of hydrogen-bond acceptors (Lipinski definition) is 4. The van der Waals surface area contributed by atoms with Gasteiger partial charge in [-0.05, 0) is 55.3 Å². The molecule has 1 aromatic carbocycles. The molecule has 0 radical (unpaired) electrons. The van der Waals surface area contributed by atoms with Crippen molar-refractivity contribution in [3.63, 3.8) is 0 Å². The summed E-state index contributed by atoms with van der Waals surface area (Å²) >= 11 is 1.45. The van der Waals surface area contributed by atoms with Crippen LogP contribution in [0.4, 0.5) is 0 Å². The van der Waals surface area contributed by atoms with E-state index in [1.165, 1.54) is 36.2 Å². The lowest BCUT2D eigenvalue weighted by Gasteiger charge is -2.31. The molecule has 0 bridgehead atoms. The van der Waals surface area contributed by atoms with Crippen LogP contribution < -0.4 is 5.56 Å². The number of aromatic nitrogens is 2. The molecule has 0 atom stereocenters. The van der Waals surface area contributed by atoms with Gasteiger partial charge in [0.25, 0.3) is 5.56 Å². The summed E-state index contributed by atoms with van der Waals surface area (Å²) in [5, 5.41) is 1.92. The maximum Gasteiger partial charge on any atom is 0.268 e. The fraction of sp³-hybridized carbons (Fsp3) is 0.368. The van der Waals surface area contributed by atoms with Gasteiger partial charge in [-0.2, -0.15) is 0 Å². The van der Waals surface area contributed by atoms with Crippen LogP contribution >= 0.6 is 11.3 Å². The predicted octanol–water partition coefficient (Wildman–Crippen LogP) is 3.44. The first-order valence-corrected chi connectivity index (χ1v) is 9.38. The van der Waals surface area contributed by atoms with Gasteiger partial charge in [0.15, 0.2) is 0 Å². The second kappa shape index (κ2) is 6.87. The van der Waals surface area contributed by atoms with Crippen LogP contribution in [0, 0.1) is 5.92 Å². The lowest BCUT2D eigenvalue weighted by atomic mass is 9.90. The van der Waals surface area contributed by atoms with Crippen LogP contribution in [-0.4, -0.2) is 28.0 Å². The minimum atomic E-state index is -0.0102. The van der Waals surface area contributed by atoms with Gasteiger partial charge in [0.05, 0.1) is 12.1 Å². The van der Waals surface area contributed by atoms with E-state index in [1.54, 1.807) is 0 Å². The second-order valence-electron chi connectivity index (χ2n) is 6.56. The van der Waals surface area contributed by atoms with Crippen LogP contribution in [0.5, 0.6) is 0 Å². The highest BCUT2D eigenvalue weighted by atomic mass is 32.1. The number of H-pyrrole nitrogens is 1. The van der Waals surface area contributed by atoms with Crippen molar-refractivity contribution in [2.45, 2.75) is 25.8 Å². The second-order valence-corrected chi connectivity index (χ2v) is 7.47. The van der Waals surface area contributed by atoms with Crippen LogP contribution in [0.2, 0.25) is 0 Å². The molecule has 24 heavy (non-hydrogen) atoms. The van der Waals surface area contributed by atoms with E-state index in [0.29, 0.717) is 0 Å². The Bertz CT molecular complexity index is 863. The van der Waals surface area contributed by atoms with E-state index >= 15 is 0 Å². The Morgan fingerprint density at radius 1 is 1.17 bits per heavy atom. The van der Waals surface area contributed by atoms with Gasteiger partial charge in [0.2, 0.25) is 0 Å². The van der Waals surface area contributed by atoms with Crippen molar-refractivity contribution in [3.8, 4) is 0 Å². The van der Waals surface area contributed by atoms with Crippen LogP contribution in [0.1, 0.15) is 24.2 Å². The number of fused-ring (bicyclic) bond motifs is 1. The molecule has 124 valence electrons.